The van der Waals surface area contributed by atoms with Crippen LogP contribution >= 0.6 is 0 Å². The van der Waals surface area contributed by atoms with E-state index in [9.17, 15) is 4.79 Å². The second kappa shape index (κ2) is 5.23. The molecule has 1 aliphatic rings. The Balaban J connectivity index is 2.28. The van der Waals surface area contributed by atoms with Crippen LogP contribution in [0, 0.1) is 0 Å². The Morgan fingerprint density at radius 1 is 1.36 bits per heavy atom. The topological polar surface area (TPSA) is 38.3 Å². The molecule has 0 aromatic carbocycles. The number of nitrogens with one attached hydrogen (secondary N) is 1. The van der Waals surface area contributed by atoms with Gasteiger partial charge in [0.25, 0.3) is 0 Å². The van der Waals surface area contributed by atoms with Crippen LogP contribution in [-0.2, 0) is 4.74 Å². The lowest BCUT2D eigenvalue weighted by Gasteiger charge is -2.24. The molecule has 0 bridgehead atoms. The molecule has 1 amide bonds. The van der Waals surface area contributed by atoms with Gasteiger partial charge in [-0.1, -0.05) is 33.1 Å². The van der Waals surface area contributed by atoms with E-state index in [1.807, 2.05) is 0 Å². The van der Waals surface area contributed by atoms with E-state index in [-0.39, 0.29) is 11.7 Å². The first-order valence-electron chi connectivity index (χ1n) is 5.69. The summed E-state index contributed by atoms with van der Waals surface area (Å²) < 4.78 is 5.33. The van der Waals surface area contributed by atoms with E-state index in [0.29, 0.717) is 6.54 Å². The van der Waals surface area contributed by atoms with Crippen molar-refractivity contribution in [3.8, 4) is 0 Å². The number of alkyl carbamates (subject to hydrolysis) is 1. The van der Waals surface area contributed by atoms with E-state index < -0.39 is 0 Å². The summed E-state index contributed by atoms with van der Waals surface area (Å²) in [7, 11) is 0. The zero-order valence-electron chi connectivity index (χ0n) is 9.27. The number of amides is 1. The molecule has 1 aliphatic heterocycles. The van der Waals surface area contributed by atoms with Crippen molar-refractivity contribution in [2.45, 2.75) is 58.0 Å². The first-order chi connectivity index (χ1) is 6.72. The standard InChI is InChI=1S/C11H21NO2/c1-3-5-6-7-8-11(4-2)9-12-10(13)14-11/h3-9H2,1-2H3,(H,12,13). The van der Waals surface area contributed by atoms with Crippen LogP contribution in [-0.4, -0.2) is 18.2 Å². The van der Waals surface area contributed by atoms with Gasteiger partial charge in [-0.15, -0.1) is 0 Å². The predicted molar refractivity (Wildman–Crippen MR) is 56.3 cm³/mol. The summed E-state index contributed by atoms with van der Waals surface area (Å²) in [6.07, 6.45) is 6.60. The Bertz CT molecular complexity index is 194. The molecule has 1 rings (SSSR count). The van der Waals surface area contributed by atoms with Gasteiger partial charge in [0.2, 0.25) is 0 Å². The van der Waals surface area contributed by atoms with Crippen molar-refractivity contribution in [2.24, 2.45) is 0 Å². The van der Waals surface area contributed by atoms with Gasteiger partial charge in [0.15, 0.2) is 0 Å². The molecular weight excluding hydrogens is 178 g/mol. The molecule has 3 nitrogen and oxygen atoms in total. The molecule has 0 spiro atoms. The SMILES string of the molecule is CCCCCCC1(CC)CNC(=O)O1. The minimum Gasteiger partial charge on any atom is -0.441 e. The van der Waals surface area contributed by atoms with E-state index in [1.54, 1.807) is 0 Å². The van der Waals surface area contributed by atoms with E-state index in [4.69, 9.17) is 4.74 Å². The summed E-state index contributed by atoms with van der Waals surface area (Å²) >= 11 is 0. The van der Waals surface area contributed by atoms with Crippen LogP contribution in [0.5, 0.6) is 0 Å². The van der Waals surface area contributed by atoms with Gasteiger partial charge in [0.05, 0.1) is 6.54 Å². The average molecular weight is 199 g/mol. The normalized spacial score (nSPS) is 26.0. The van der Waals surface area contributed by atoms with Crippen LogP contribution in [0.15, 0.2) is 0 Å². The molecular formula is C11H21NO2. The quantitative estimate of drug-likeness (QED) is 0.668. The largest absolute Gasteiger partial charge is 0.441 e. The highest BCUT2D eigenvalue weighted by atomic mass is 16.6. The van der Waals surface area contributed by atoms with E-state index in [1.165, 1.54) is 19.3 Å². The highest BCUT2D eigenvalue weighted by molar-refractivity contribution is 5.70. The summed E-state index contributed by atoms with van der Waals surface area (Å²) in [5, 5.41) is 2.74. The fraction of sp³-hybridized carbons (Fsp3) is 0.909. The van der Waals surface area contributed by atoms with Gasteiger partial charge in [0, 0.05) is 0 Å². The van der Waals surface area contributed by atoms with Crippen molar-refractivity contribution >= 4 is 6.09 Å². The van der Waals surface area contributed by atoms with E-state index >= 15 is 0 Å². The summed E-state index contributed by atoms with van der Waals surface area (Å²) in [5.41, 5.74) is -0.204. The number of carbonyl (C=O) groups excluding carboxylic acids is 1. The van der Waals surface area contributed by atoms with Gasteiger partial charge in [-0.2, -0.15) is 0 Å². The zero-order chi connectivity index (χ0) is 10.4. The molecule has 1 atom stereocenters. The van der Waals surface area contributed by atoms with Crippen LogP contribution in [0.4, 0.5) is 4.79 Å². The maximum absolute atomic E-state index is 11.0. The number of carbonyl (C=O) groups is 1. The van der Waals surface area contributed by atoms with Crippen molar-refractivity contribution in [1.29, 1.82) is 0 Å². The number of cyclic esters (lactones) is 1. The average Bonchev–Trinajstić information content (AvgIpc) is 2.56. The van der Waals surface area contributed by atoms with Crippen LogP contribution in [0.2, 0.25) is 0 Å². The van der Waals surface area contributed by atoms with Crippen molar-refractivity contribution in [2.75, 3.05) is 6.54 Å². The Labute approximate surface area is 86.2 Å². The molecule has 1 fully saturated rings. The maximum Gasteiger partial charge on any atom is 0.407 e. The predicted octanol–water partition coefficient (Wildman–Crippen LogP) is 2.85. The molecule has 1 heterocycles. The van der Waals surface area contributed by atoms with Crippen molar-refractivity contribution in [3.63, 3.8) is 0 Å². The maximum atomic E-state index is 11.0. The molecule has 82 valence electrons. The van der Waals surface area contributed by atoms with Crippen molar-refractivity contribution in [1.82, 2.24) is 5.32 Å². The molecule has 3 heteroatoms. The Morgan fingerprint density at radius 3 is 2.64 bits per heavy atom. The second-order valence-corrected chi connectivity index (χ2v) is 4.09. The molecule has 0 aliphatic carbocycles. The number of hydrogen-bond donors (Lipinski definition) is 1. The molecule has 1 saturated heterocycles. The van der Waals surface area contributed by atoms with Gasteiger partial charge >= 0.3 is 6.09 Å². The first kappa shape index (κ1) is 11.3. The monoisotopic (exact) mass is 199 g/mol. The van der Waals surface area contributed by atoms with Crippen molar-refractivity contribution in [3.05, 3.63) is 0 Å². The number of ether oxygens (including phenoxy) is 1. The number of unbranched alkanes of at least 4 members (excludes halogenated alkanes) is 3. The minimum absolute atomic E-state index is 0.204. The first-order valence-corrected chi connectivity index (χ1v) is 5.69. The summed E-state index contributed by atoms with van der Waals surface area (Å²) in [6, 6.07) is 0. The van der Waals surface area contributed by atoms with Crippen LogP contribution < -0.4 is 5.32 Å². The van der Waals surface area contributed by atoms with Crippen LogP contribution in [0.25, 0.3) is 0 Å². The fourth-order valence-corrected chi connectivity index (χ4v) is 1.89. The highest BCUT2D eigenvalue weighted by Crippen LogP contribution is 2.26. The Hall–Kier alpha value is -0.730. The summed E-state index contributed by atoms with van der Waals surface area (Å²) in [5.74, 6) is 0. The van der Waals surface area contributed by atoms with Gasteiger partial charge < -0.3 is 10.1 Å². The molecule has 1 N–H and O–H groups in total. The highest BCUT2D eigenvalue weighted by Gasteiger charge is 2.37. The van der Waals surface area contributed by atoms with Crippen LogP contribution in [0.1, 0.15) is 52.4 Å². The smallest absolute Gasteiger partial charge is 0.407 e. The lowest BCUT2D eigenvalue weighted by Crippen LogP contribution is -2.32. The van der Waals surface area contributed by atoms with Gasteiger partial charge in [-0.05, 0) is 19.3 Å². The Kier molecular flexibility index (Phi) is 4.23. The van der Waals surface area contributed by atoms with Gasteiger partial charge in [-0.3, -0.25) is 0 Å². The molecule has 14 heavy (non-hydrogen) atoms. The lowest BCUT2D eigenvalue weighted by atomic mass is 9.93. The number of rotatable bonds is 6. The lowest BCUT2D eigenvalue weighted by molar-refractivity contribution is 0.0442. The molecule has 1 unspecified atom stereocenters. The van der Waals surface area contributed by atoms with Gasteiger partial charge in [-0.25, -0.2) is 4.79 Å². The fourth-order valence-electron chi connectivity index (χ4n) is 1.89. The molecule has 0 radical (unpaired) electrons. The van der Waals surface area contributed by atoms with E-state index in [2.05, 4.69) is 19.2 Å². The third-order valence-electron chi connectivity index (χ3n) is 2.99. The van der Waals surface area contributed by atoms with Crippen molar-refractivity contribution < 1.29 is 9.53 Å². The molecule has 0 aromatic heterocycles. The third-order valence-corrected chi connectivity index (χ3v) is 2.99. The third kappa shape index (κ3) is 2.89. The van der Waals surface area contributed by atoms with E-state index in [0.717, 1.165) is 19.3 Å². The minimum atomic E-state index is -0.248. The van der Waals surface area contributed by atoms with Crippen LogP contribution in [0.3, 0.4) is 0 Å². The molecule has 0 saturated carbocycles. The zero-order valence-corrected chi connectivity index (χ0v) is 9.27. The summed E-state index contributed by atoms with van der Waals surface area (Å²) in [6.45, 7) is 4.97. The van der Waals surface area contributed by atoms with Gasteiger partial charge in [0.1, 0.15) is 5.60 Å². The Morgan fingerprint density at radius 2 is 2.14 bits per heavy atom. The summed E-state index contributed by atoms with van der Waals surface area (Å²) in [4.78, 5) is 11.0. The number of hydrogen-bond acceptors (Lipinski definition) is 2. The second-order valence-electron chi connectivity index (χ2n) is 4.09. The molecule has 0 aromatic rings.